The van der Waals surface area contributed by atoms with Crippen LogP contribution in [0.5, 0.6) is 0 Å². The minimum atomic E-state index is -0.760. The monoisotopic (exact) mass is 270 g/mol. The highest BCUT2D eigenvalue weighted by molar-refractivity contribution is 5.83. The van der Waals surface area contributed by atoms with E-state index in [4.69, 9.17) is 4.74 Å². The molecule has 1 aliphatic carbocycles. The second kappa shape index (κ2) is 6.78. The van der Waals surface area contributed by atoms with E-state index >= 15 is 0 Å². The van der Waals surface area contributed by atoms with Gasteiger partial charge in [-0.25, -0.2) is 4.79 Å². The molecule has 0 saturated heterocycles. The van der Waals surface area contributed by atoms with Gasteiger partial charge in [-0.15, -0.1) is 0 Å². The van der Waals surface area contributed by atoms with Gasteiger partial charge in [-0.2, -0.15) is 0 Å². The second-order valence-electron chi connectivity index (χ2n) is 6.27. The Morgan fingerprint density at radius 1 is 1.16 bits per heavy atom. The molecule has 0 heterocycles. The summed E-state index contributed by atoms with van der Waals surface area (Å²) in [5, 5.41) is 5.61. The van der Waals surface area contributed by atoms with Crippen molar-refractivity contribution < 1.29 is 14.3 Å². The lowest BCUT2D eigenvalue weighted by atomic mass is 9.95. The average Bonchev–Trinajstić information content (AvgIpc) is 2.27. The van der Waals surface area contributed by atoms with E-state index in [0.29, 0.717) is 0 Å². The van der Waals surface area contributed by atoms with E-state index in [1.54, 1.807) is 6.92 Å². The van der Waals surface area contributed by atoms with Crippen LogP contribution in [0.3, 0.4) is 0 Å². The summed E-state index contributed by atoms with van der Waals surface area (Å²) < 4.78 is 5.07. The van der Waals surface area contributed by atoms with Gasteiger partial charge in [-0.05, 0) is 40.5 Å². The van der Waals surface area contributed by atoms with Crippen LogP contribution in [0.25, 0.3) is 0 Å². The molecule has 5 heteroatoms. The highest BCUT2D eigenvalue weighted by Crippen LogP contribution is 2.17. The smallest absolute Gasteiger partial charge is 0.408 e. The Bertz CT molecular complexity index is 317. The fourth-order valence-corrected chi connectivity index (χ4v) is 2.12. The summed E-state index contributed by atoms with van der Waals surface area (Å²) in [5.74, 6) is -0.212. The average molecular weight is 270 g/mol. The van der Waals surface area contributed by atoms with Crippen LogP contribution in [0.2, 0.25) is 0 Å². The Morgan fingerprint density at radius 3 is 2.26 bits per heavy atom. The molecule has 0 bridgehead atoms. The van der Waals surface area contributed by atoms with E-state index in [2.05, 4.69) is 10.6 Å². The highest BCUT2D eigenvalue weighted by atomic mass is 16.6. The predicted molar refractivity (Wildman–Crippen MR) is 73.8 cm³/mol. The van der Waals surface area contributed by atoms with Crippen molar-refractivity contribution in [2.24, 2.45) is 0 Å². The highest BCUT2D eigenvalue weighted by Gasteiger charge is 2.23. The molecule has 0 aromatic rings. The van der Waals surface area contributed by atoms with Crippen LogP contribution in [0.15, 0.2) is 0 Å². The van der Waals surface area contributed by atoms with Crippen LogP contribution >= 0.6 is 0 Å². The molecular weight excluding hydrogens is 244 g/mol. The maximum atomic E-state index is 11.9. The normalized spacial score (nSPS) is 18.5. The van der Waals surface area contributed by atoms with E-state index < -0.39 is 12.2 Å². The Balaban J connectivity index is 2.33. The summed E-state index contributed by atoms with van der Waals surface area (Å²) in [6.07, 6.45) is 4.28. The van der Waals surface area contributed by atoms with E-state index in [1.807, 2.05) is 20.8 Å². The Hall–Kier alpha value is -1.26. The van der Waals surface area contributed by atoms with E-state index in [9.17, 15) is 9.59 Å². The third-order valence-corrected chi connectivity index (χ3v) is 3.08. The largest absolute Gasteiger partial charge is 0.436 e. The SMILES string of the molecule is C[C@H](OC(=O)NC(C)(C)C)C(=O)NC1CCCCC1. The molecule has 1 fully saturated rings. The zero-order chi connectivity index (χ0) is 14.5. The number of carbonyl (C=O) groups is 2. The van der Waals surface area contributed by atoms with Crippen molar-refractivity contribution in [3.8, 4) is 0 Å². The molecule has 0 aromatic carbocycles. The maximum absolute atomic E-state index is 11.9. The molecule has 1 saturated carbocycles. The molecule has 1 atom stereocenters. The number of ether oxygens (including phenoxy) is 1. The molecule has 19 heavy (non-hydrogen) atoms. The Morgan fingerprint density at radius 2 is 1.74 bits per heavy atom. The molecule has 1 aliphatic rings. The summed E-state index contributed by atoms with van der Waals surface area (Å²) in [6, 6.07) is 0.234. The van der Waals surface area contributed by atoms with Crippen LogP contribution in [0.4, 0.5) is 4.79 Å². The number of alkyl carbamates (subject to hydrolysis) is 1. The van der Waals surface area contributed by atoms with E-state index in [1.165, 1.54) is 6.42 Å². The summed E-state index contributed by atoms with van der Waals surface area (Å²) in [6.45, 7) is 7.18. The topological polar surface area (TPSA) is 67.4 Å². The van der Waals surface area contributed by atoms with Crippen LogP contribution in [0.1, 0.15) is 59.8 Å². The van der Waals surface area contributed by atoms with Gasteiger partial charge in [0, 0.05) is 11.6 Å². The van der Waals surface area contributed by atoms with Gasteiger partial charge in [-0.3, -0.25) is 4.79 Å². The van der Waals surface area contributed by atoms with Gasteiger partial charge < -0.3 is 15.4 Å². The van der Waals surface area contributed by atoms with Crippen LogP contribution in [-0.4, -0.2) is 29.7 Å². The van der Waals surface area contributed by atoms with Gasteiger partial charge in [0.2, 0.25) is 0 Å². The van der Waals surface area contributed by atoms with Crippen LogP contribution in [-0.2, 0) is 9.53 Å². The van der Waals surface area contributed by atoms with Crippen LogP contribution < -0.4 is 10.6 Å². The Labute approximate surface area is 115 Å². The standard InChI is InChI=1S/C14H26N2O3/c1-10(19-13(18)16-14(2,3)4)12(17)15-11-8-6-5-7-9-11/h10-11H,5-9H2,1-4H3,(H,15,17)(H,16,18)/t10-/m0/s1. The molecule has 0 spiro atoms. The quantitative estimate of drug-likeness (QED) is 0.827. The number of amides is 2. The summed E-state index contributed by atoms with van der Waals surface area (Å²) in [7, 11) is 0. The maximum Gasteiger partial charge on any atom is 0.408 e. The molecule has 2 N–H and O–H groups in total. The number of hydrogen-bond acceptors (Lipinski definition) is 3. The zero-order valence-corrected chi connectivity index (χ0v) is 12.4. The fraction of sp³-hybridized carbons (Fsp3) is 0.857. The number of rotatable bonds is 3. The first-order valence-corrected chi connectivity index (χ1v) is 7.07. The molecule has 0 radical (unpaired) electrons. The molecule has 0 aromatic heterocycles. The zero-order valence-electron chi connectivity index (χ0n) is 12.4. The van der Waals surface area contributed by atoms with Gasteiger partial charge >= 0.3 is 6.09 Å². The lowest BCUT2D eigenvalue weighted by Gasteiger charge is -2.25. The summed E-state index contributed by atoms with van der Waals surface area (Å²) >= 11 is 0. The third-order valence-electron chi connectivity index (χ3n) is 3.08. The lowest BCUT2D eigenvalue weighted by molar-refractivity contribution is -0.129. The molecule has 110 valence electrons. The van der Waals surface area contributed by atoms with Crippen molar-refractivity contribution in [3.05, 3.63) is 0 Å². The Kier molecular flexibility index (Phi) is 5.63. The number of hydrogen-bond donors (Lipinski definition) is 2. The predicted octanol–water partition coefficient (Wildman–Crippen LogP) is 2.35. The van der Waals surface area contributed by atoms with Crippen molar-refractivity contribution in [1.82, 2.24) is 10.6 Å². The first kappa shape index (κ1) is 15.8. The molecule has 0 unspecified atom stereocenters. The van der Waals surface area contributed by atoms with E-state index in [-0.39, 0.29) is 17.5 Å². The van der Waals surface area contributed by atoms with Gasteiger partial charge in [0.15, 0.2) is 6.10 Å². The molecular formula is C14H26N2O3. The van der Waals surface area contributed by atoms with Gasteiger partial charge in [0.05, 0.1) is 0 Å². The second-order valence-corrected chi connectivity index (χ2v) is 6.27. The molecule has 5 nitrogen and oxygen atoms in total. The first-order chi connectivity index (χ1) is 8.78. The number of carbonyl (C=O) groups excluding carboxylic acids is 2. The lowest BCUT2D eigenvalue weighted by Crippen LogP contribution is -2.46. The number of nitrogens with one attached hydrogen (secondary N) is 2. The minimum Gasteiger partial charge on any atom is -0.436 e. The van der Waals surface area contributed by atoms with Gasteiger partial charge in [-0.1, -0.05) is 19.3 Å². The third kappa shape index (κ3) is 6.45. The van der Waals surface area contributed by atoms with E-state index in [0.717, 1.165) is 25.7 Å². The van der Waals surface area contributed by atoms with Crippen molar-refractivity contribution >= 4 is 12.0 Å². The molecule has 1 rings (SSSR count). The van der Waals surface area contributed by atoms with Crippen molar-refractivity contribution in [2.75, 3.05) is 0 Å². The summed E-state index contributed by atoms with van der Waals surface area (Å²) in [5.41, 5.74) is -0.364. The first-order valence-electron chi connectivity index (χ1n) is 7.07. The van der Waals surface area contributed by atoms with Gasteiger partial charge in [0.1, 0.15) is 0 Å². The fourth-order valence-electron chi connectivity index (χ4n) is 2.12. The van der Waals surface area contributed by atoms with Crippen LogP contribution in [0, 0.1) is 0 Å². The van der Waals surface area contributed by atoms with Gasteiger partial charge in [0.25, 0.3) is 5.91 Å². The minimum absolute atomic E-state index is 0.212. The van der Waals surface area contributed by atoms with Crippen molar-refractivity contribution in [1.29, 1.82) is 0 Å². The molecule has 2 amide bonds. The molecule has 0 aliphatic heterocycles. The summed E-state index contributed by atoms with van der Waals surface area (Å²) in [4.78, 5) is 23.4. The van der Waals surface area contributed by atoms with Crippen molar-refractivity contribution in [2.45, 2.75) is 77.5 Å². The van der Waals surface area contributed by atoms with Crippen molar-refractivity contribution in [3.63, 3.8) is 0 Å².